The lowest BCUT2D eigenvalue weighted by Crippen LogP contribution is -2.42. The van der Waals surface area contributed by atoms with E-state index in [1.165, 1.54) is 0 Å². The molecule has 0 radical (unpaired) electrons. The fraction of sp³-hybridized carbons (Fsp3) is 0.789. The van der Waals surface area contributed by atoms with Crippen molar-refractivity contribution >= 4 is 18.8 Å². The summed E-state index contributed by atoms with van der Waals surface area (Å²) < 4.78 is 17.7. The number of imidazole rings is 1. The van der Waals surface area contributed by atoms with Gasteiger partial charge >= 0.3 is 13.2 Å². The molecule has 2 aliphatic heterocycles. The molecule has 3 heterocycles. The second-order valence-corrected chi connectivity index (χ2v) is 9.58. The van der Waals surface area contributed by atoms with E-state index in [9.17, 15) is 4.79 Å². The van der Waals surface area contributed by atoms with Gasteiger partial charge in [-0.3, -0.25) is 0 Å². The maximum atomic E-state index is 12.4. The SMILES string of the molecule is CC(C)(C)OC(=O)N1CCCC(c2ncc(B3OC(C)(C)C(C)(C)O3)[nH]2)C1. The minimum atomic E-state index is -0.487. The van der Waals surface area contributed by atoms with Crippen LogP contribution >= 0.6 is 0 Å². The average Bonchev–Trinajstić information content (AvgIpc) is 3.09. The molecule has 2 aliphatic rings. The van der Waals surface area contributed by atoms with E-state index in [0.717, 1.165) is 30.8 Å². The number of amides is 1. The molecule has 1 amide bonds. The number of rotatable bonds is 2. The van der Waals surface area contributed by atoms with E-state index in [1.807, 2.05) is 48.5 Å². The third-order valence-electron chi connectivity index (χ3n) is 5.58. The number of H-pyrrole nitrogens is 1. The summed E-state index contributed by atoms with van der Waals surface area (Å²) in [5.41, 5.74) is -0.445. The van der Waals surface area contributed by atoms with E-state index in [4.69, 9.17) is 14.0 Å². The topological polar surface area (TPSA) is 76.7 Å². The molecule has 27 heavy (non-hydrogen) atoms. The molecule has 0 aromatic carbocycles. The average molecular weight is 377 g/mol. The van der Waals surface area contributed by atoms with Crippen molar-refractivity contribution in [3.8, 4) is 0 Å². The van der Waals surface area contributed by atoms with Crippen molar-refractivity contribution < 1.29 is 18.8 Å². The van der Waals surface area contributed by atoms with Crippen LogP contribution < -0.4 is 5.59 Å². The number of hydrogen-bond acceptors (Lipinski definition) is 5. The molecule has 0 bridgehead atoms. The fourth-order valence-electron chi connectivity index (χ4n) is 3.34. The number of ether oxygens (including phenoxy) is 1. The molecule has 0 spiro atoms. The maximum absolute atomic E-state index is 12.4. The van der Waals surface area contributed by atoms with Gasteiger partial charge in [0, 0.05) is 25.2 Å². The summed E-state index contributed by atoms with van der Waals surface area (Å²) in [5, 5.41) is 0. The van der Waals surface area contributed by atoms with Gasteiger partial charge in [0.15, 0.2) is 0 Å². The Balaban J connectivity index is 1.67. The van der Waals surface area contributed by atoms with Gasteiger partial charge in [0.05, 0.1) is 16.8 Å². The van der Waals surface area contributed by atoms with E-state index in [1.54, 1.807) is 11.1 Å². The standard InChI is InChI=1S/C19H32BN3O4/c1-17(2,3)25-16(24)23-10-8-9-13(12-23)15-21-11-14(22-15)20-26-18(4,5)19(6,7)27-20/h11,13H,8-10,12H2,1-7H3,(H,21,22). The fourth-order valence-corrected chi connectivity index (χ4v) is 3.34. The molecule has 150 valence electrons. The minimum Gasteiger partial charge on any atom is -0.444 e. The van der Waals surface area contributed by atoms with Gasteiger partial charge in [0.25, 0.3) is 0 Å². The Morgan fingerprint density at radius 3 is 2.52 bits per heavy atom. The summed E-state index contributed by atoms with van der Waals surface area (Å²) >= 11 is 0. The van der Waals surface area contributed by atoms with Crippen LogP contribution in [0.15, 0.2) is 6.20 Å². The number of likely N-dealkylation sites (tertiary alicyclic amines) is 1. The van der Waals surface area contributed by atoms with Crippen LogP contribution in [0.25, 0.3) is 0 Å². The van der Waals surface area contributed by atoms with Crippen LogP contribution in [0.1, 0.15) is 73.1 Å². The highest BCUT2D eigenvalue weighted by Gasteiger charge is 2.52. The first-order valence-corrected chi connectivity index (χ1v) is 9.76. The van der Waals surface area contributed by atoms with E-state index in [-0.39, 0.29) is 23.2 Å². The van der Waals surface area contributed by atoms with Crippen LogP contribution in [0.5, 0.6) is 0 Å². The molecule has 2 fully saturated rings. The lowest BCUT2D eigenvalue weighted by Gasteiger charge is -2.33. The number of nitrogens with one attached hydrogen (secondary N) is 1. The van der Waals surface area contributed by atoms with Gasteiger partial charge in [-0.2, -0.15) is 0 Å². The highest BCUT2D eigenvalue weighted by atomic mass is 16.7. The van der Waals surface area contributed by atoms with Crippen molar-refractivity contribution in [1.29, 1.82) is 0 Å². The van der Waals surface area contributed by atoms with Crippen LogP contribution in [0, 0.1) is 0 Å². The summed E-state index contributed by atoms with van der Waals surface area (Å²) in [5.74, 6) is 1.02. The molecular formula is C19H32BN3O4. The van der Waals surface area contributed by atoms with Gasteiger partial charge < -0.3 is 23.9 Å². The molecular weight excluding hydrogens is 345 g/mol. The summed E-state index contributed by atoms with van der Waals surface area (Å²) in [6.07, 6.45) is 3.43. The summed E-state index contributed by atoms with van der Waals surface area (Å²) in [6.45, 7) is 15.1. The van der Waals surface area contributed by atoms with Crippen molar-refractivity contribution in [3.63, 3.8) is 0 Å². The predicted molar refractivity (Wildman–Crippen MR) is 104 cm³/mol. The number of carbonyl (C=O) groups is 1. The molecule has 0 aliphatic carbocycles. The molecule has 3 rings (SSSR count). The molecule has 1 aromatic heterocycles. The van der Waals surface area contributed by atoms with Crippen LogP contribution in [0.4, 0.5) is 4.79 Å². The minimum absolute atomic E-state index is 0.155. The van der Waals surface area contributed by atoms with E-state index in [2.05, 4.69) is 9.97 Å². The third kappa shape index (κ3) is 4.32. The number of nitrogens with zero attached hydrogens (tertiary/aromatic N) is 2. The first-order chi connectivity index (χ1) is 12.4. The normalized spacial score (nSPS) is 24.9. The summed E-state index contributed by atoms with van der Waals surface area (Å²) in [7, 11) is -0.457. The van der Waals surface area contributed by atoms with Crippen LogP contribution in [0.3, 0.4) is 0 Å². The number of hydrogen-bond donors (Lipinski definition) is 1. The monoisotopic (exact) mass is 377 g/mol. The molecule has 2 saturated heterocycles. The Kier molecular flexibility index (Phi) is 5.10. The smallest absolute Gasteiger partial charge is 0.444 e. The van der Waals surface area contributed by atoms with Gasteiger partial charge in [0.1, 0.15) is 11.4 Å². The molecule has 7 nitrogen and oxygen atoms in total. The number of aromatic amines is 1. The van der Waals surface area contributed by atoms with Crippen molar-refractivity contribution in [2.24, 2.45) is 0 Å². The largest absolute Gasteiger partial charge is 0.513 e. The zero-order valence-corrected chi connectivity index (χ0v) is 17.6. The lowest BCUT2D eigenvalue weighted by atomic mass is 9.86. The van der Waals surface area contributed by atoms with Crippen molar-refractivity contribution in [1.82, 2.24) is 14.9 Å². The van der Waals surface area contributed by atoms with Gasteiger partial charge in [-0.25, -0.2) is 9.78 Å². The highest BCUT2D eigenvalue weighted by Crippen LogP contribution is 2.36. The zero-order chi connectivity index (χ0) is 20.0. The Bertz CT molecular complexity index is 679. The predicted octanol–water partition coefficient (Wildman–Crippen LogP) is 2.82. The first-order valence-electron chi connectivity index (χ1n) is 9.76. The first kappa shape index (κ1) is 20.2. The highest BCUT2D eigenvalue weighted by molar-refractivity contribution is 6.61. The van der Waals surface area contributed by atoms with Crippen molar-refractivity contribution in [2.75, 3.05) is 13.1 Å². The van der Waals surface area contributed by atoms with Crippen LogP contribution in [-0.4, -0.2) is 58.0 Å². The Morgan fingerprint density at radius 1 is 1.30 bits per heavy atom. The van der Waals surface area contributed by atoms with Crippen molar-refractivity contribution in [3.05, 3.63) is 12.0 Å². The maximum Gasteiger partial charge on any atom is 0.513 e. The third-order valence-corrected chi connectivity index (χ3v) is 5.58. The molecule has 1 aromatic rings. The quantitative estimate of drug-likeness (QED) is 0.802. The molecule has 8 heteroatoms. The Labute approximate surface area is 162 Å². The molecule has 1 unspecified atom stereocenters. The van der Waals surface area contributed by atoms with Gasteiger partial charge in [-0.1, -0.05) is 0 Å². The second kappa shape index (κ2) is 6.81. The van der Waals surface area contributed by atoms with Gasteiger partial charge in [-0.05, 0) is 61.3 Å². The molecule has 1 N–H and O–H groups in total. The Hall–Kier alpha value is -1.54. The zero-order valence-electron chi connectivity index (χ0n) is 17.6. The number of carbonyl (C=O) groups excluding carboxylic acids is 1. The summed E-state index contributed by atoms with van der Waals surface area (Å²) in [4.78, 5) is 22.1. The number of piperidine rings is 1. The Morgan fingerprint density at radius 2 is 1.93 bits per heavy atom. The van der Waals surface area contributed by atoms with Crippen LogP contribution in [-0.2, 0) is 14.0 Å². The summed E-state index contributed by atoms with van der Waals surface area (Å²) in [6, 6.07) is 0. The van der Waals surface area contributed by atoms with Crippen molar-refractivity contribution in [2.45, 2.75) is 84.0 Å². The van der Waals surface area contributed by atoms with E-state index in [0.29, 0.717) is 6.54 Å². The van der Waals surface area contributed by atoms with E-state index >= 15 is 0 Å². The second-order valence-electron chi connectivity index (χ2n) is 9.58. The lowest BCUT2D eigenvalue weighted by molar-refractivity contribution is 0.00578. The van der Waals surface area contributed by atoms with E-state index < -0.39 is 12.7 Å². The van der Waals surface area contributed by atoms with Gasteiger partial charge in [0.2, 0.25) is 0 Å². The number of aromatic nitrogens is 2. The van der Waals surface area contributed by atoms with Crippen LogP contribution in [0.2, 0.25) is 0 Å². The molecule has 0 saturated carbocycles. The van der Waals surface area contributed by atoms with Gasteiger partial charge in [-0.15, -0.1) is 0 Å². The molecule has 1 atom stereocenters.